The molecule has 0 aliphatic carbocycles. The largest absolute Gasteiger partial charge is 0.253 e. The van der Waals surface area contributed by atoms with Gasteiger partial charge in [-0.1, -0.05) is 36.4 Å². The van der Waals surface area contributed by atoms with Crippen LogP contribution in [0.5, 0.6) is 0 Å². The fourth-order valence-electron chi connectivity index (χ4n) is 2.11. The van der Waals surface area contributed by atoms with Crippen molar-refractivity contribution >= 4 is 24.1 Å². The number of fused-ring (bicyclic) bond motifs is 1. The van der Waals surface area contributed by atoms with Crippen LogP contribution in [0.4, 0.5) is 0 Å². The number of nitrogens with zero attached hydrogens (tertiary/aromatic N) is 5. The Morgan fingerprint density at radius 3 is 2.64 bits per heavy atom. The number of hydrogen-bond acceptors (Lipinski definition) is 5. The van der Waals surface area contributed by atoms with Gasteiger partial charge in [-0.25, -0.2) is 0 Å². The van der Waals surface area contributed by atoms with Crippen LogP contribution in [0.2, 0.25) is 0 Å². The molecule has 0 unspecified atom stereocenters. The molecule has 5 nitrogen and oxygen atoms in total. The van der Waals surface area contributed by atoms with Gasteiger partial charge in [-0.05, 0) is 35.5 Å². The number of allylic oxidation sites excluding steroid dienone is 1. The van der Waals surface area contributed by atoms with Gasteiger partial charge < -0.3 is 0 Å². The number of hydrogen-bond donors (Lipinski definition) is 0. The van der Waals surface area contributed by atoms with E-state index in [2.05, 4.69) is 38.5 Å². The third-order valence-electron chi connectivity index (χ3n) is 3.12. The summed E-state index contributed by atoms with van der Waals surface area (Å²) < 4.78 is 1.72. The Morgan fingerprint density at radius 1 is 0.955 bits per heavy atom. The van der Waals surface area contributed by atoms with Gasteiger partial charge in [0.25, 0.3) is 0 Å². The lowest BCUT2D eigenvalue weighted by atomic mass is 10.2. The maximum absolute atomic E-state index is 4.44. The standard InChI is InChI=1S/C16H11N5S/c1-2-6-12(7-3-1)10-13-11-18-21-15(19-20-16(21)22-13)14-8-4-5-9-17-14/h1-11H/b13-10-. The molecule has 1 aliphatic heterocycles. The van der Waals surface area contributed by atoms with Crippen molar-refractivity contribution in [2.24, 2.45) is 5.10 Å². The van der Waals surface area contributed by atoms with Crippen LogP contribution >= 0.6 is 11.8 Å². The highest BCUT2D eigenvalue weighted by molar-refractivity contribution is 8.04. The normalized spacial score (nSPS) is 15.0. The molecule has 0 fully saturated rings. The summed E-state index contributed by atoms with van der Waals surface area (Å²) in [7, 11) is 0. The SMILES string of the molecule is C1=Nn2c(nnc2-c2ccccn2)S/C1=C\c1ccccc1. The molecule has 0 saturated carbocycles. The van der Waals surface area contributed by atoms with Gasteiger partial charge in [0.2, 0.25) is 11.0 Å². The Hall–Kier alpha value is -2.73. The Balaban J connectivity index is 1.68. The van der Waals surface area contributed by atoms with E-state index in [1.54, 1.807) is 22.6 Å². The second-order valence-corrected chi connectivity index (χ2v) is 5.68. The van der Waals surface area contributed by atoms with E-state index in [0.717, 1.165) is 21.3 Å². The number of rotatable bonds is 2. The molecule has 3 aromatic rings. The highest BCUT2D eigenvalue weighted by Gasteiger charge is 2.18. The number of benzene rings is 1. The lowest BCUT2D eigenvalue weighted by molar-refractivity contribution is 0.769. The number of thioether (sulfide) groups is 1. The van der Waals surface area contributed by atoms with E-state index in [1.807, 2.05) is 42.6 Å². The molecular formula is C16H11N5S. The highest BCUT2D eigenvalue weighted by Crippen LogP contribution is 2.31. The Morgan fingerprint density at radius 2 is 1.82 bits per heavy atom. The van der Waals surface area contributed by atoms with Gasteiger partial charge in [0.05, 0.1) is 6.21 Å². The van der Waals surface area contributed by atoms with Crippen LogP contribution in [0.3, 0.4) is 0 Å². The summed E-state index contributed by atoms with van der Waals surface area (Å²) in [6.07, 6.45) is 5.63. The molecule has 0 amide bonds. The van der Waals surface area contributed by atoms with Crippen molar-refractivity contribution in [3.63, 3.8) is 0 Å². The molecule has 2 aromatic heterocycles. The predicted octanol–water partition coefficient (Wildman–Crippen LogP) is 3.32. The van der Waals surface area contributed by atoms with Gasteiger partial charge in [-0.15, -0.1) is 10.2 Å². The highest BCUT2D eigenvalue weighted by atomic mass is 32.2. The molecule has 22 heavy (non-hydrogen) atoms. The monoisotopic (exact) mass is 305 g/mol. The van der Waals surface area contributed by atoms with Gasteiger partial charge >= 0.3 is 0 Å². The minimum atomic E-state index is 0.651. The van der Waals surface area contributed by atoms with Gasteiger partial charge in [-0.2, -0.15) is 9.78 Å². The topological polar surface area (TPSA) is 56.0 Å². The number of aromatic nitrogens is 4. The minimum absolute atomic E-state index is 0.651. The summed E-state index contributed by atoms with van der Waals surface area (Å²) in [5.74, 6) is 0.651. The first-order valence-corrected chi connectivity index (χ1v) is 7.57. The van der Waals surface area contributed by atoms with Crippen molar-refractivity contribution in [1.29, 1.82) is 0 Å². The first kappa shape index (κ1) is 13.0. The van der Waals surface area contributed by atoms with Crippen molar-refractivity contribution in [2.45, 2.75) is 5.16 Å². The van der Waals surface area contributed by atoms with E-state index in [4.69, 9.17) is 0 Å². The van der Waals surface area contributed by atoms with E-state index in [9.17, 15) is 0 Å². The summed E-state index contributed by atoms with van der Waals surface area (Å²) in [5, 5.41) is 13.6. The lowest BCUT2D eigenvalue weighted by Crippen LogP contribution is -2.02. The Bertz CT molecular complexity index is 853. The molecule has 0 spiro atoms. The zero-order valence-electron chi connectivity index (χ0n) is 11.5. The van der Waals surface area contributed by atoms with Gasteiger partial charge in [0.1, 0.15) is 5.69 Å². The van der Waals surface area contributed by atoms with Crippen molar-refractivity contribution in [3.05, 3.63) is 65.2 Å². The van der Waals surface area contributed by atoms with Crippen molar-refractivity contribution in [1.82, 2.24) is 19.9 Å². The molecule has 6 heteroatoms. The van der Waals surface area contributed by atoms with Crippen molar-refractivity contribution < 1.29 is 0 Å². The Kier molecular flexibility index (Phi) is 3.29. The van der Waals surface area contributed by atoms with Crippen LogP contribution in [0.1, 0.15) is 5.56 Å². The number of pyridine rings is 1. The molecule has 106 valence electrons. The van der Waals surface area contributed by atoms with Gasteiger partial charge in [-0.3, -0.25) is 4.98 Å². The average molecular weight is 305 g/mol. The van der Waals surface area contributed by atoms with Crippen molar-refractivity contribution in [2.75, 3.05) is 0 Å². The predicted molar refractivity (Wildman–Crippen MR) is 87.4 cm³/mol. The smallest absolute Gasteiger partial charge is 0.217 e. The van der Waals surface area contributed by atoms with E-state index in [-0.39, 0.29) is 0 Å². The molecule has 1 aromatic carbocycles. The molecule has 1 aliphatic rings. The van der Waals surface area contributed by atoms with Crippen LogP contribution in [-0.2, 0) is 0 Å². The third-order valence-corrected chi connectivity index (χ3v) is 4.02. The lowest BCUT2D eigenvalue weighted by Gasteiger charge is -2.09. The molecule has 4 rings (SSSR count). The van der Waals surface area contributed by atoms with Gasteiger partial charge in [0, 0.05) is 11.1 Å². The molecule has 0 bridgehead atoms. The molecular weight excluding hydrogens is 294 g/mol. The first-order chi connectivity index (χ1) is 10.9. The zero-order valence-corrected chi connectivity index (χ0v) is 12.3. The van der Waals surface area contributed by atoms with Gasteiger partial charge in [0.15, 0.2) is 0 Å². The maximum atomic E-state index is 4.44. The third kappa shape index (κ3) is 2.44. The second-order valence-electron chi connectivity index (χ2n) is 4.64. The van der Waals surface area contributed by atoms with Crippen LogP contribution < -0.4 is 0 Å². The van der Waals surface area contributed by atoms with Crippen LogP contribution in [-0.4, -0.2) is 26.1 Å². The van der Waals surface area contributed by atoms with Crippen LogP contribution in [0.15, 0.2) is 69.9 Å². The fourth-order valence-corrected chi connectivity index (χ4v) is 2.92. The fraction of sp³-hybridized carbons (Fsp3) is 0. The van der Waals surface area contributed by atoms with Crippen LogP contribution in [0, 0.1) is 0 Å². The zero-order chi connectivity index (χ0) is 14.8. The minimum Gasteiger partial charge on any atom is -0.253 e. The summed E-state index contributed by atoms with van der Waals surface area (Å²) in [5.41, 5.74) is 1.89. The van der Waals surface area contributed by atoms with E-state index in [1.165, 1.54) is 0 Å². The average Bonchev–Trinajstić information content (AvgIpc) is 3.00. The molecule has 0 saturated heterocycles. The van der Waals surface area contributed by atoms with E-state index >= 15 is 0 Å². The van der Waals surface area contributed by atoms with E-state index in [0.29, 0.717) is 5.82 Å². The summed E-state index contributed by atoms with van der Waals surface area (Å²) >= 11 is 1.54. The first-order valence-electron chi connectivity index (χ1n) is 6.76. The Labute approximate surface area is 131 Å². The summed E-state index contributed by atoms with van der Waals surface area (Å²) in [6, 6.07) is 15.8. The molecule has 3 heterocycles. The van der Waals surface area contributed by atoms with Crippen molar-refractivity contribution in [3.8, 4) is 11.5 Å². The van der Waals surface area contributed by atoms with Crippen LogP contribution in [0.25, 0.3) is 17.6 Å². The second kappa shape index (κ2) is 5.57. The van der Waals surface area contributed by atoms with E-state index < -0.39 is 0 Å². The molecule has 0 radical (unpaired) electrons. The quantitative estimate of drug-likeness (QED) is 0.729. The summed E-state index contributed by atoms with van der Waals surface area (Å²) in [4.78, 5) is 5.32. The molecule has 0 N–H and O–H groups in total. The summed E-state index contributed by atoms with van der Waals surface area (Å²) in [6.45, 7) is 0. The maximum Gasteiger partial charge on any atom is 0.217 e. The molecule has 0 atom stereocenters.